The van der Waals surface area contributed by atoms with Crippen LogP contribution in [0.5, 0.6) is 0 Å². The van der Waals surface area contributed by atoms with Crippen molar-refractivity contribution in [1.82, 2.24) is 5.32 Å². The molecule has 1 nitrogen and oxygen atoms in total. The summed E-state index contributed by atoms with van der Waals surface area (Å²) >= 11 is 14.4. The molecule has 2 aromatic rings. The third-order valence-corrected chi connectivity index (χ3v) is 5.42. The normalized spacial score (nSPS) is 12.7. The van der Waals surface area contributed by atoms with Gasteiger partial charge in [0.25, 0.3) is 0 Å². The van der Waals surface area contributed by atoms with E-state index in [0.717, 1.165) is 28.6 Å². The number of aryl methyl sites for hydroxylation is 2. The summed E-state index contributed by atoms with van der Waals surface area (Å²) in [5.74, 6) is 0. The second-order valence-electron chi connectivity index (χ2n) is 4.90. The Balaban J connectivity index is 2.30. The fraction of sp³-hybridized carbons (Fsp3) is 0.375. The maximum absolute atomic E-state index is 6.29. The minimum absolute atomic E-state index is 0.259. The highest BCUT2D eigenvalue weighted by Gasteiger charge is 2.17. The molecular formula is C16H19Cl2NS. The molecule has 1 atom stereocenters. The van der Waals surface area contributed by atoms with E-state index in [0.29, 0.717) is 0 Å². The Morgan fingerprint density at radius 3 is 2.35 bits per heavy atom. The van der Waals surface area contributed by atoms with E-state index in [1.54, 1.807) is 0 Å². The lowest BCUT2D eigenvalue weighted by molar-refractivity contribution is 0.558. The van der Waals surface area contributed by atoms with Gasteiger partial charge in [-0.1, -0.05) is 36.2 Å². The number of benzene rings is 1. The summed E-state index contributed by atoms with van der Waals surface area (Å²) in [6.07, 6.45) is 0.811. The summed E-state index contributed by atoms with van der Waals surface area (Å²) in [7, 11) is 0. The van der Waals surface area contributed by atoms with Gasteiger partial charge in [0.2, 0.25) is 0 Å². The first-order valence-corrected chi connectivity index (χ1v) is 8.33. The molecule has 0 aliphatic heterocycles. The molecule has 0 aliphatic carbocycles. The highest BCUT2D eigenvalue weighted by Crippen LogP contribution is 2.33. The molecule has 1 heterocycles. The van der Waals surface area contributed by atoms with Gasteiger partial charge in [-0.3, -0.25) is 0 Å². The highest BCUT2D eigenvalue weighted by atomic mass is 35.5. The maximum Gasteiger partial charge on any atom is 0.0456 e. The molecular weight excluding hydrogens is 309 g/mol. The first-order valence-electron chi connectivity index (χ1n) is 6.76. The fourth-order valence-electron chi connectivity index (χ4n) is 2.22. The molecule has 0 radical (unpaired) electrons. The fourth-order valence-corrected chi connectivity index (χ4v) is 3.89. The zero-order valence-corrected chi connectivity index (χ0v) is 14.3. The van der Waals surface area contributed by atoms with Crippen LogP contribution < -0.4 is 5.32 Å². The van der Waals surface area contributed by atoms with Crippen LogP contribution in [0.4, 0.5) is 0 Å². The molecule has 2 rings (SSSR count). The minimum atomic E-state index is 0.259. The predicted octanol–water partition coefficient (Wildman–Crippen LogP) is 5.57. The van der Waals surface area contributed by atoms with Gasteiger partial charge in [0.15, 0.2) is 0 Å². The van der Waals surface area contributed by atoms with Gasteiger partial charge in [0.05, 0.1) is 0 Å². The second-order valence-corrected chi connectivity index (χ2v) is 7.00. The zero-order chi connectivity index (χ0) is 14.7. The molecule has 108 valence electrons. The topological polar surface area (TPSA) is 12.0 Å². The van der Waals surface area contributed by atoms with Crippen LogP contribution in [0.15, 0.2) is 24.3 Å². The van der Waals surface area contributed by atoms with Crippen LogP contribution in [0.2, 0.25) is 10.0 Å². The number of hydrogen-bond donors (Lipinski definition) is 1. The van der Waals surface area contributed by atoms with Gasteiger partial charge in [-0.15, -0.1) is 11.3 Å². The lowest BCUT2D eigenvalue weighted by atomic mass is 10.0. The van der Waals surface area contributed by atoms with Crippen molar-refractivity contribution in [3.8, 4) is 0 Å². The Bertz CT molecular complexity index is 552. The van der Waals surface area contributed by atoms with E-state index in [1.807, 2.05) is 29.5 Å². The Hall–Kier alpha value is -0.540. The molecule has 1 unspecified atom stereocenters. The lowest BCUT2D eigenvalue weighted by Gasteiger charge is -2.18. The molecule has 0 fully saturated rings. The zero-order valence-electron chi connectivity index (χ0n) is 12.0. The maximum atomic E-state index is 6.29. The molecule has 0 saturated carbocycles. The van der Waals surface area contributed by atoms with Gasteiger partial charge in [0, 0.05) is 25.8 Å². The third-order valence-electron chi connectivity index (χ3n) is 3.45. The quantitative estimate of drug-likeness (QED) is 0.757. The largest absolute Gasteiger partial charge is 0.309 e. The average Bonchev–Trinajstić information content (AvgIpc) is 2.73. The van der Waals surface area contributed by atoms with E-state index in [1.165, 1.54) is 15.3 Å². The molecule has 1 N–H and O–H groups in total. The van der Waals surface area contributed by atoms with Crippen molar-refractivity contribution in [3.63, 3.8) is 0 Å². The van der Waals surface area contributed by atoms with Crippen molar-refractivity contribution in [2.24, 2.45) is 0 Å². The van der Waals surface area contributed by atoms with Crippen LogP contribution in [0.3, 0.4) is 0 Å². The van der Waals surface area contributed by atoms with Crippen molar-refractivity contribution in [3.05, 3.63) is 55.2 Å². The highest BCUT2D eigenvalue weighted by molar-refractivity contribution is 7.12. The third kappa shape index (κ3) is 3.56. The molecule has 0 amide bonds. The van der Waals surface area contributed by atoms with E-state index in [2.05, 4.69) is 32.2 Å². The predicted molar refractivity (Wildman–Crippen MR) is 90.4 cm³/mol. The molecule has 0 spiro atoms. The first-order chi connectivity index (χ1) is 9.52. The first kappa shape index (κ1) is 15.8. The summed E-state index contributed by atoms with van der Waals surface area (Å²) in [6, 6.07) is 8.20. The van der Waals surface area contributed by atoms with Gasteiger partial charge < -0.3 is 5.32 Å². The van der Waals surface area contributed by atoms with Gasteiger partial charge in [-0.05, 0) is 56.1 Å². The number of nitrogens with one attached hydrogen (secondary N) is 1. The van der Waals surface area contributed by atoms with Crippen LogP contribution in [0.25, 0.3) is 0 Å². The molecule has 20 heavy (non-hydrogen) atoms. The second kappa shape index (κ2) is 6.95. The Morgan fingerprint density at radius 1 is 1.20 bits per heavy atom. The molecule has 0 bridgehead atoms. The SMILES string of the molecule is CCNC(Cc1c(Cl)cccc1Cl)c1cc(C)c(C)s1. The van der Waals surface area contributed by atoms with Crippen LogP contribution in [0, 0.1) is 13.8 Å². The number of likely N-dealkylation sites (N-methyl/N-ethyl adjacent to an activating group) is 1. The van der Waals surface area contributed by atoms with E-state index in [4.69, 9.17) is 23.2 Å². The smallest absolute Gasteiger partial charge is 0.0456 e. The Kier molecular flexibility index (Phi) is 5.50. The standard InChI is InChI=1S/C16H19Cl2NS/c1-4-19-15(16-8-10(2)11(3)20-16)9-12-13(17)6-5-7-14(12)18/h5-8,15,19H,4,9H2,1-3H3. The molecule has 0 saturated heterocycles. The van der Waals surface area contributed by atoms with E-state index >= 15 is 0 Å². The molecule has 0 aliphatic rings. The van der Waals surface area contributed by atoms with Gasteiger partial charge in [-0.25, -0.2) is 0 Å². The molecule has 1 aromatic heterocycles. The summed E-state index contributed by atoms with van der Waals surface area (Å²) in [5.41, 5.74) is 2.36. The van der Waals surface area contributed by atoms with E-state index in [9.17, 15) is 0 Å². The van der Waals surface area contributed by atoms with Crippen molar-refractivity contribution in [1.29, 1.82) is 0 Å². The summed E-state index contributed by atoms with van der Waals surface area (Å²) in [4.78, 5) is 2.71. The van der Waals surface area contributed by atoms with Gasteiger partial charge >= 0.3 is 0 Å². The van der Waals surface area contributed by atoms with Crippen molar-refractivity contribution in [2.75, 3.05) is 6.54 Å². The average molecular weight is 328 g/mol. The van der Waals surface area contributed by atoms with Gasteiger partial charge in [-0.2, -0.15) is 0 Å². The lowest BCUT2D eigenvalue weighted by Crippen LogP contribution is -2.22. The van der Waals surface area contributed by atoms with Crippen molar-refractivity contribution < 1.29 is 0 Å². The van der Waals surface area contributed by atoms with E-state index < -0.39 is 0 Å². The van der Waals surface area contributed by atoms with Crippen LogP contribution in [0.1, 0.15) is 33.8 Å². The van der Waals surface area contributed by atoms with Gasteiger partial charge in [0.1, 0.15) is 0 Å². The summed E-state index contributed by atoms with van der Waals surface area (Å²) in [6.45, 7) is 7.35. The van der Waals surface area contributed by atoms with Crippen LogP contribution in [-0.4, -0.2) is 6.54 Å². The number of rotatable bonds is 5. The molecule has 1 aromatic carbocycles. The van der Waals surface area contributed by atoms with Crippen LogP contribution in [-0.2, 0) is 6.42 Å². The van der Waals surface area contributed by atoms with Crippen LogP contribution >= 0.6 is 34.5 Å². The van der Waals surface area contributed by atoms with Crippen molar-refractivity contribution in [2.45, 2.75) is 33.2 Å². The Morgan fingerprint density at radius 2 is 1.85 bits per heavy atom. The van der Waals surface area contributed by atoms with E-state index in [-0.39, 0.29) is 6.04 Å². The monoisotopic (exact) mass is 327 g/mol. The summed E-state index contributed by atoms with van der Waals surface area (Å²) < 4.78 is 0. The number of hydrogen-bond acceptors (Lipinski definition) is 2. The molecule has 4 heteroatoms. The number of halogens is 2. The number of thiophene rings is 1. The minimum Gasteiger partial charge on any atom is -0.309 e. The Labute approximate surface area is 134 Å². The van der Waals surface area contributed by atoms with Crippen molar-refractivity contribution >= 4 is 34.5 Å². The summed E-state index contributed by atoms with van der Waals surface area (Å²) in [5, 5.41) is 5.02.